The molecule has 0 saturated carbocycles. The summed E-state index contributed by atoms with van der Waals surface area (Å²) in [6.45, 7) is 4.80. The molecule has 1 N–H and O–H groups in total. The van der Waals surface area contributed by atoms with Crippen LogP contribution in [0.3, 0.4) is 0 Å². The number of aryl methyl sites for hydroxylation is 3. The predicted molar refractivity (Wildman–Crippen MR) is 114 cm³/mol. The van der Waals surface area contributed by atoms with Crippen LogP contribution >= 0.6 is 0 Å². The maximum atomic E-state index is 13.0. The number of hydrogen-bond donors (Lipinski definition) is 1. The number of amides is 1. The van der Waals surface area contributed by atoms with Gasteiger partial charge >= 0.3 is 0 Å². The van der Waals surface area contributed by atoms with Crippen molar-refractivity contribution in [2.24, 2.45) is 0 Å². The van der Waals surface area contributed by atoms with Crippen molar-refractivity contribution >= 4 is 16.9 Å². The van der Waals surface area contributed by atoms with Gasteiger partial charge in [0.2, 0.25) is 5.91 Å². The third-order valence-electron chi connectivity index (χ3n) is 5.74. The molecule has 29 heavy (non-hydrogen) atoms. The molecule has 3 aromatic rings. The van der Waals surface area contributed by atoms with Crippen LogP contribution in [0.1, 0.15) is 43.3 Å². The Morgan fingerprint density at radius 3 is 2.83 bits per heavy atom. The molecular formula is C23H28N4O2. The fraction of sp³-hybridized carbons (Fsp3) is 0.435. The third-order valence-corrected chi connectivity index (χ3v) is 5.74. The fourth-order valence-corrected chi connectivity index (χ4v) is 4.16. The van der Waals surface area contributed by atoms with Gasteiger partial charge in [0.1, 0.15) is 17.9 Å². The van der Waals surface area contributed by atoms with Gasteiger partial charge in [-0.05, 0) is 51.2 Å². The van der Waals surface area contributed by atoms with Crippen molar-refractivity contribution < 1.29 is 4.79 Å². The molecule has 1 aromatic carbocycles. The zero-order valence-corrected chi connectivity index (χ0v) is 17.1. The molecule has 0 spiro atoms. The van der Waals surface area contributed by atoms with Gasteiger partial charge < -0.3 is 9.88 Å². The average Bonchev–Trinajstić information content (AvgIpc) is 3.02. The summed E-state index contributed by atoms with van der Waals surface area (Å²) in [7, 11) is 0. The number of hydrogen-bond acceptors (Lipinski definition) is 3. The number of carbonyl (C=O) groups is 1. The van der Waals surface area contributed by atoms with Crippen molar-refractivity contribution in [3.05, 3.63) is 63.8 Å². The Hall–Kier alpha value is -2.89. The summed E-state index contributed by atoms with van der Waals surface area (Å²) in [6, 6.07) is 12.3. The maximum Gasteiger partial charge on any atom is 0.278 e. The number of nitrogens with one attached hydrogen (secondary N) is 1. The van der Waals surface area contributed by atoms with Crippen LogP contribution in [0, 0.1) is 6.92 Å². The molecule has 6 heteroatoms. The normalized spacial score (nSPS) is 14.6. The average molecular weight is 393 g/mol. The van der Waals surface area contributed by atoms with E-state index in [1.54, 1.807) is 4.57 Å². The third kappa shape index (κ3) is 4.11. The van der Waals surface area contributed by atoms with E-state index in [4.69, 9.17) is 4.98 Å². The first-order chi connectivity index (χ1) is 14.0. The summed E-state index contributed by atoms with van der Waals surface area (Å²) in [4.78, 5) is 30.4. The van der Waals surface area contributed by atoms with Crippen LogP contribution in [0.5, 0.6) is 0 Å². The summed E-state index contributed by atoms with van der Waals surface area (Å²) < 4.78 is 3.59. The standard InChI is InChI=1S/C23H28N4O2/c1-16(11-12-18-8-4-3-5-9-18)24-21(28)15-27-17(2)14-19-22(27)23(29)26-13-7-6-10-20(26)25-19/h3-5,8-9,14,16H,6-7,10-13,15H2,1-2H3,(H,24,28)/t16-/m0/s1. The first-order valence-corrected chi connectivity index (χ1v) is 10.5. The zero-order valence-electron chi connectivity index (χ0n) is 17.1. The fourth-order valence-electron chi connectivity index (χ4n) is 4.16. The molecule has 152 valence electrons. The van der Waals surface area contributed by atoms with Gasteiger partial charge in [-0.2, -0.15) is 0 Å². The lowest BCUT2D eigenvalue weighted by Gasteiger charge is -2.18. The SMILES string of the molecule is Cc1cc2nc3n(c(=O)c2n1CC(=O)N[C@@H](C)CCc1ccccc1)CCCC3. The predicted octanol–water partition coefficient (Wildman–Crippen LogP) is 2.98. The lowest BCUT2D eigenvalue weighted by atomic mass is 10.1. The van der Waals surface area contributed by atoms with Crippen molar-refractivity contribution in [1.82, 2.24) is 19.4 Å². The highest BCUT2D eigenvalue weighted by molar-refractivity contribution is 5.81. The van der Waals surface area contributed by atoms with Crippen LogP contribution in [-0.2, 0) is 30.7 Å². The number of aromatic nitrogens is 3. The number of carbonyl (C=O) groups excluding carboxylic acids is 1. The van der Waals surface area contributed by atoms with Crippen LogP contribution < -0.4 is 10.9 Å². The van der Waals surface area contributed by atoms with E-state index in [9.17, 15) is 9.59 Å². The highest BCUT2D eigenvalue weighted by atomic mass is 16.2. The Morgan fingerprint density at radius 2 is 2.03 bits per heavy atom. The lowest BCUT2D eigenvalue weighted by Crippen LogP contribution is -2.36. The highest BCUT2D eigenvalue weighted by Gasteiger charge is 2.20. The van der Waals surface area contributed by atoms with Gasteiger partial charge in [-0.3, -0.25) is 14.2 Å². The second-order valence-corrected chi connectivity index (χ2v) is 8.04. The number of fused-ring (bicyclic) bond motifs is 2. The first kappa shape index (κ1) is 19.4. The molecule has 1 amide bonds. The summed E-state index contributed by atoms with van der Waals surface area (Å²) in [5, 5.41) is 3.07. The minimum atomic E-state index is -0.0757. The van der Waals surface area contributed by atoms with E-state index < -0.39 is 0 Å². The molecule has 0 bridgehead atoms. The van der Waals surface area contributed by atoms with Crippen molar-refractivity contribution in [2.75, 3.05) is 0 Å². The maximum absolute atomic E-state index is 13.0. The van der Waals surface area contributed by atoms with Crippen LogP contribution in [0.15, 0.2) is 41.2 Å². The Balaban J connectivity index is 1.48. The van der Waals surface area contributed by atoms with E-state index in [0.717, 1.165) is 43.6 Å². The van der Waals surface area contributed by atoms with E-state index >= 15 is 0 Å². The van der Waals surface area contributed by atoms with Crippen LogP contribution in [0.4, 0.5) is 0 Å². The van der Waals surface area contributed by atoms with Crippen molar-refractivity contribution in [2.45, 2.75) is 65.1 Å². The van der Waals surface area contributed by atoms with Gasteiger partial charge in [-0.1, -0.05) is 30.3 Å². The highest BCUT2D eigenvalue weighted by Crippen LogP contribution is 2.18. The summed E-state index contributed by atoms with van der Waals surface area (Å²) in [5.74, 6) is 0.790. The summed E-state index contributed by atoms with van der Waals surface area (Å²) in [6.07, 6.45) is 4.71. The van der Waals surface area contributed by atoms with Gasteiger partial charge in [0.15, 0.2) is 0 Å². The largest absolute Gasteiger partial charge is 0.352 e. The van der Waals surface area contributed by atoms with E-state index in [0.29, 0.717) is 17.6 Å². The molecule has 0 radical (unpaired) electrons. The van der Waals surface area contributed by atoms with Crippen molar-refractivity contribution in [1.29, 1.82) is 0 Å². The molecule has 1 aliphatic heterocycles. The quantitative estimate of drug-likeness (QED) is 0.701. The molecule has 1 atom stereocenters. The summed E-state index contributed by atoms with van der Waals surface area (Å²) in [5.41, 5.74) is 3.37. The molecule has 0 fully saturated rings. The minimum Gasteiger partial charge on any atom is -0.352 e. The van der Waals surface area contributed by atoms with Gasteiger partial charge in [0.05, 0.1) is 5.52 Å². The van der Waals surface area contributed by atoms with E-state index in [2.05, 4.69) is 17.4 Å². The molecule has 2 aromatic heterocycles. The molecule has 3 heterocycles. The zero-order chi connectivity index (χ0) is 20.4. The topological polar surface area (TPSA) is 68.9 Å². The minimum absolute atomic E-state index is 0.0253. The van der Waals surface area contributed by atoms with E-state index in [1.165, 1.54) is 5.56 Å². The summed E-state index contributed by atoms with van der Waals surface area (Å²) >= 11 is 0. The van der Waals surface area contributed by atoms with Crippen LogP contribution in [-0.4, -0.2) is 26.1 Å². The van der Waals surface area contributed by atoms with Crippen molar-refractivity contribution in [3.8, 4) is 0 Å². The monoisotopic (exact) mass is 392 g/mol. The molecule has 0 unspecified atom stereocenters. The lowest BCUT2D eigenvalue weighted by molar-refractivity contribution is -0.122. The van der Waals surface area contributed by atoms with Gasteiger partial charge in [0, 0.05) is 24.7 Å². The van der Waals surface area contributed by atoms with Gasteiger partial charge in [0.25, 0.3) is 5.56 Å². The Morgan fingerprint density at radius 1 is 1.24 bits per heavy atom. The first-order valence-electron chi connectivity index (χ1n) is 10.5. The second-order valence-electron chi connectivity index (χ2n) is 8.04. The number of benzene rings is 1. The Labute approximate surface area is 170 Å². The smallest absolute Gasteiger partial charge is 0.278 e. The molecule has 0 aliphatic carbocycles. The van der Waals surface area contributed by atoms with Crippen LogP contribution in [0.2, 0.25) is 0 Å². The van der Waals surface area contributed by atoms with Gasteiger partial charge in [-0.25, -0.2) is 4.98 Å². The number of nitrogens with zero attached hydrogens (tertiary/aromatic N) is 3. The van der Waals surface area contributed by atoms with E-state index in [1.807, 2.05) is 42.7 Å². The van der Waals surface area contributed by atoms with E-state index in [-0.39, 0.29) is 24.1 Å². The van der Waals surface area contributed by atoms with Crippen molar-refractivity contribution in [3.63, 3.8) is 0 Å². The van der Waals surface area contributed by atoms with Crippen LogP contribution in [0.25, 0.3) is 11.0 Å². The molecule has 1 aliphatic rings. The Kier molecular flexibility index (Phi) is 5.51. The molecular weight excluding hydrogens is 364 g/mol. The van der Waals surface area contributed by atoms with Gasteiger partial charge in [-0.15, -0.1) is 0 Å². The Bertz CT molecular complexity index is 1080. The molecule has 4 rings (SSSR count). The molecule has 6 nitrogen and oxygen atoms in total. The number of rotatable bonds is 6. The molecule has 0 saturated heterocycles. The second kappa shape index (κ2) is 8.23.